The summed E-state index contributed by atoms with van der Waals surface area (Å²) in [4.78, 5) is 28.1. The first-order valence-corrected chi connectivity index (χ1v) is 13.3. The Kier molecular flexibility index (Phi) is 6.12. The van der Waals surface area contributed by atoms with E-state index in [2.05, 4.69) is 5.32 Å². The summed E-state index contributed by atoms with van der Waals surface area (Å²) in [6.45, 7) is 2.34. The van der Waals surface area contributed by atoms with Gasteiger partial charge in [-0.25, -0.2) is 0 Å². The number of carbonyl (C=O) groups is 2. The molecule has 4 aliphatic rings. The van der Waals surface area contributed by atoms with Gasteiger partial charge in [0, 0.05) is 32.0 Å². The summed E-state index contributed by atoms with van der Waals surface area (Å²) < 4.78 is 10.8. The SMILES string of the molecule is O=C(CCc1ccc2c(c1)OCO2)N1C[C@@H]2[C@@H](CNC(=O)C(O)(c3ccccc3)C3CCCC3)[C@@H]2C1. The lowest BCUT2D eigenvalue weighted by Crippen LogP contribution is -2.49. The molecule has 2 aliphatic carbocycles. The van der Waals surface area contributed by atoms with Gasteiger partial charge >= 0.3 is 0 Å². The number of aliphatic hydroxyl groups is 1. The normalized spacial score (nSPS) is 25.9. The third-order valence-electron chi connectivity index (χ3n) is 8.79. The van der Waals surface area contributed by atoms with Crippen LogP contribution in [0.25, 0.3) is 0 Å². The molecule has 2 amide bonds. The van der Waals surface area contributed by atoms with E-state index in [1.165, 1.54) is 0 Å². The molecule has 2 heterocycles. The number of rotatable bonds is 8. The summed E-state index contributed by atoms with van der Waals surface area (Å²) in [6, 6.07) is 15.2. The number of piperidine rings is 1. The van der Waals surface area contributed by atoms with E-state index in [0.29, 0.717) is 42.7 Å². The largest absolute Gasteiger partial charge is 0.454 e. The van der Waals surface area contributed by atoms with Crippen LogP contribution in [0, 0.1) is 23.7 Å². The topological polar surface area (TPSA) is 88.1 Å². The maximum absolute atomic E-state index is 13.3. The van der Waals surface area contributed by atoms with Crippen LogP contribution >= 0.6 is 0 Å². The number of amides is 2. The number of benzene rings is 2. The molecule has 0 bridgehead atoms. The van der Waals surface area contributed by atoms with Crippen LogP contribution in [0.15, 0.2) is 48.5 Å². The van der Waals surface area contributed by atoms with Gasteiger partial charge in [-0.1, -0.05) is 49.2 Å². The molecule has 4 atom stereocenters. The Hall–Kier alpha value is -3.06. The minimum Gasteiger partial charge on any atom is -0.454 e. The summed E-state index contributed by atoms with van der Waals surface area (Å²) in [5.41, 5.74) is 0.286. The fourth-order valence-electron chi connectivity index (χ4n) is 6.60. The average Bonchev–Trinajstić information content (AvgIpc) is 3.45. The monoisotopic (exact) mass is 490 g/mol. The lowest BCUT2D eigenvalue weighted by molar-refractivity contribution is -0.147. The summed E-state index contributed by atoms with van der Waals surface area (Å²) >= 11 is 0. The minimum absolute atomic E-state index is 0.0449. The molecule has 2 aliphatic heterocycles. The molecule has 2 aromatic rings. The van der Waals surface area contributed by atoms with Crippen LogP contribution in [0.4, 0.5) is 0 Å². The average molecular weight is 491 g/mol. The van der Waals surface area contributed by atoms with Crippen LogP contribution in [0.5, 0.6) is 11.5 Å². The molecule has 3 fully saturated rings. The lowest BCUT2D eigenvalue weighted by atomic mass is 9.79. The summed E-state index contributed by atoms with van der Waals surface area (Å²) in [6.07, 6.45) is 5.01. The molecule has 190 valence electrons. The molecule has 2 saturated carbocycles. The third-order valence-corrected chi connectivity index (χ3v) is 8.79. The zero-order valence-electron chi connectivity index (χ0n) is 20.5. The number of nitrogens with zero attached hydrogens (tertiary/aromatic N) is 1. The second-order valence-electron chi connectivity index (χ2n) is 10.8. The molecule has 7 nitrogen and oxygen atoms in total. The van der Waals surface area contributed by atoms with Gasteiger partial charge in [-0.2, -0.15) is 0 Å². The first-order chi connectivity index (χ1) is 17.5. The highest BCUT2D eigenvalue weighted by Gasteiger charge is 2.56. The van der Waals surface area contributed by atoms with Crippen molar-refractivity contribution < 1.29 is 24.2 Å². The molecular weight excluding hydrogens is 456 g/mol. The molecule has 0 radical (unpaired) electrons. The molecule has 1 unspecified atom stereocenters. The van der Waals surface area contributed by atoms with E-state index in [0.717, 1.165) is 55.8 Å². The molecule has 0 aromatic heterocycles. The van der Waals surface area contributed by atoms with Crippen molar-refractivity contribution >= 4 is 11.8 Å². The van der Waals surface area contributed by atoms with E-state index in [1.54, 1.807) is 0 Å². The van der Waals surface area contributed by atoms with Crippen molar-refractivity contribution in [3.05, 3.63) is 59.7 Å². The molecule has 1 saturated heterocycles. The maximum Gasteiger partial charge on any atom is 0.256 e. The number of aryl methyl sites for hydroxylation is 1. The predicted molar refractivity (Wildman–Crippen MR) is 133 cm³/mol. The second kappa shape index (κ2) is 9.43. The number of fused-ring (bicyclic) bond motifs is 2. The van der Waals surface area contributed by atoms with Crippen molar-refractivity contribution in [1.82, 2.24) is 10.2 Å². The van der Waals surface area contributed by atoms with Crippen LogP contribution in [-0.4, -0.2) is 48.2 Å². The molecule has 6 rings (SSSR count). The van der Waals surface area contributed by atoms with E-state index < -0.39 is 5.60 Å². The number of ether oxygens (including phenoxy) is 2. The molecule has 0 spiro atoms. The van der Waals surface area contributed by atoms with Gasteiger partial charge < -0.3 is 24.8 Å². The van der Waals surface area contributed by atoms with Crippen LogP contribution in [0.2, 0.25) is 0 Å². The molecule has 2 aromatic carbocycles. The van der Waals surface area contributed by atoms with Crippen molar-refractivity contribution in [3.8, 4) is 11.5 Å². The smallest absolute Gasteiger partial charge is 0.256 e. The van der Waals surface area contributed by atoms with Gasteiger partial charge in [0.25, 0.3) is 5.91 Å². The number of likely N-dealkylation sites (tertiary alicyclic amines) is 1. The standard InChI is InChI=1S/C29H34N2O5/c32-27(13-11-19-10-12-25-26(14-19)36-18-35-25)31-16-23-22(24(23)17-31)15-30-28(33)29(34,21-8-4-5-9-21)20-6-2-1-3-7-20/h1-3,6-7,10,12,14,21-24,34H,4-5,8-9,11,13,15-18H2,(H,30,33)/t22-,23-,24+,29?. The van der Waals surface area contributed by atoms with Crippen molar-refractivity contribution in [2.45, 2.75) is 44.1 Å². The van der Waals surface area contributed by atoms with Crippen LogP contribution < -0.4 is 14.8 Å². The fraction of sp³-hybridized carbons (Fsp3) is 0.517. The maximum atomic E-state index is 13.3. The van der Waals surface area contributed by atoms with E-state index in [9.17, 15) is 14.7 Å². The van der Waals surface area contributed by atoms with E-state index in [1.807, 2.05) is 53.4 Å². The Morgan fingerprint density at radius 3 is 2.47 bits per heavy atom. The van der Waals surface area contributed by atoms with Crippen LogP contribution in [0.1, 0.15) is 43.2 Å². The molecule has 36 heavy (non-hydrogen) atoms. The second-order valence-corrected chi connectivity index (χ2v) is 10.8. The predicted octanol–water partition coefficient (Wildman–Crippen LogP) is 3.25. The first kappa shape index (κ1) is 23.3. The van der Waals surface area contributed by atoms with Gasteiger partial charge in [0.05, 0.1) is 0 Å². The summed E-state index contributed by atoms with van der Waals surface area (Å²) in [5, 5.41) is 14.7. The molecule has 2 N–H and O–H groups in total. The first-order valence-electron chi connectivity index (χ1n) is 13.3. The zero-order valence-corrected chi connectivity index (χ0v) is 20.5. The Bertz CT molecular complexity index is 1120. The Morgan fingerprint density at radius 2 is 1.72 bits per heavy atom. The fourth-order valence-corrected chi connectivity index (χ4v) is 6.60. The lowest BCUT2D eigenvalue weighted by Gasteiger charge is -2.33. The van der Waals surface area contributed by atoms with Crippen molar-refractivity contribution in [3.63, 3.8) is 0 Å². The summed E-state index contributed by atoms with van der Waals surface area (Å²) in [7, 11) is 0. The van der Waals surface area contributed by atoms with Crippen LogP contribution in [0.3, 0.4) is 0 Å². The summed E-state index contributed by atoms with van der Waals surface area (Å²) in [5.74, 6) is 2.64. The van der Waals surface area contributed by atoms with Gasteiger partial charge in [-0.05, 0) is 60.3 Å². The van der Waals surface area contributed by atoms with E-state index in [4.69, 9.17) is 9.47 Å². The van der Waals surface area contributed by atoms with Crippen LogP contribution in [-0.2, 0) is 21.6 Å². The van der Waals surface area contributed by atoms with Gasteiger partial charge in [0.15, 0.2) is 17.1 Å². The van der Waals surface area contributed by atoms with Crippen molar-refractivity contribution in [1.29, 1.82) is 0 Å². The number of carbonyl (C=O) groups excluding carboxylic acids is 2. The highest BCUT2D eigenvalue weighted by molar-refractivity contribution is 5.86. The molecular formula is C29H34N2O5. The Labute approximate surface area is 211 Å². The number of nitrogens with one attached hydrogen (secondary N) is 1. The molecule has 7 heteroatoms. The quantitative estimate of drug-likeness (QED) is 0.593. The number of hydrogen-bond donors (Lipinski definition) is 2. The zero-order chi connectivity index (χ0) is 24.7. The van der Waals surface area contributed by atoms with Crippen molar-refractivity contribution in [2.24, 2.45) is 23.7 Å². The van der Waals surface area contributed by atoms with Gasteiger partial charge in [-0.15, -0.1) is 0 Å². The van der Waals surface area contributed by atoms with Crippen molar-refractivity contribution in [2.75, 3.05) is 26.4 Å². The van der Waals surface area contributed by atoms with E-state index in [-0.39, 0.29) is 24.5 Å². The van der Waals surface area contributed by atoms with Gasteiger partial charge in [0.2, 0.25) is 12.7 Å². The third kappa shape index (κ3) is 4.23. The Morgan fingerprint density at radius 1 is 1.00 bits per heavy atom. The van der Waals surface area contributed by atoms with Gasteiger partial charge in [0.1, 0.15) is 0 Å². The highest BCUT2D eigenvalue weighted by atomic mass is 16.7. The highest BCUT2D eigenvalue weighted by Crippen LogP contribution is 2.51. The Balaban J connectivity index is 0.993. The van der Waals surface area contributed by atoms with Gasteiger partial charge in [-0.3, -0.25) is 9.59 Å². The minimum atomic E-state index is -1.47. The number of hydrogen-bond acceptors (Lipinski definition) is 5. The van der Waals surface area contributed by atoms with E-state index >= 15 is 0 Å².